The van der Waals surface area contributed by atoms with Gasteiger partial charge in [0, 0.05) is 6.07 Å². The van der Waals surface area contributed by atoms with E-state index in [0.29, 0.717) is 18.0 Å². The SMILES string of the molecule is Cc1cc(CNC(=O)C2C(C(=O)O)C3CCC2C32CC2)no1. The van der Waals surface area contributed by atoms with Crippen molar-refractivity contribution in [2.24, 2.45) is 29.1 Å². The number of hydrogen-bond acceptors (Lipinski definition) is 4. The maximum atomic E-state index is 12.6. The van der Waals surface area contributed by atoms with Gasteiger partial charge in [0.05, 0.1) is 18.4 Å². The molecule has 6 heteroatoms. The molecule has 118 valence electrons. The van der Waals surface area contributed by atoms with Crippen molar-refractivity contribution in [3.63, 3.8) is 0 Å². The summed E-state index contributed by atoms with van der Waals surface area (Å²) in [4.78, 5) is 24.3. The van der Waals surface area contributed by atoms with Crippen molar-refractivity contribution in [3.05, 3.63) is 17.5 Å². The van der Waals surface area contributed by atoms with Crippen LogP contribution in [0.2, 0.25) is 0 Å². The standard InChI is InChI=1S/C16H20N2O4/c1-8-6-9(18-22-8)7-17-14(19)12-10-2-3-11(13(12)15(20)21)16(10)4-5-16/h6,10-13H,2-5,7H2,1H3,(H,17,19)(H,20,21). The fourth-order valence-electron chi connectivity index (χ4n) is 5.14. The molecule has 2 bridgehead atoms. The summed E-state index contributed by atoms with van der Waals surface area (Å²) in [6, 6.07) is 1.78. The number of amides is 1. The van der Waals surface area contributed by atoms with Crippen LogP contribution >= 0.6 is 0 Å². The minimum absolute atomic E-state index is 0.133. The Labute approximate surface area is 128 Å². The summed E-state index contributed by atoms with van der Waals surface area (Å²) in [5, 5.41) is 16.3. The van der Waals surface area contributed by atoms with Crippen LogP contribution in [0.3, 0.4) is 0 Å². The normalized spacial score (nSPS) is 34.0. The summed E-state index contributed by atoms with van der Waals surface area (Å²) in [7, 11) is 0. The van der Waals surface area contributed by atoms with Crippen molar-refractivity contribution >= 4 is 11.9 Å². The highest BCUT2D eigenvalue weighted by Gasteiger charge is 2.71. The molecular formula is C16H20N2O4. The highest BCUT2D eigenvalue weighted by Crippen LogP contribution is 2.74. The number of rotatable bonds is 4. The lowest BCUT2D eigenvalue weighted by Gasteiger charge is -2.26. The Kier molecular flexibility index (Phi) is 2.86. The molecule has 3 aliphatic carbocycles. The molecule has 0 saturated heterocycles. The van der Waals surface area contributed by atoms with Crippen LogP contribution in [0.15, 0.2) is 10.6 Å². The Balaban J connectivity index is 1.50. The molecule has 1 spiro atoms. The van der Waals surface area contributed by atoms with Crippen molar-refractivity contribution in [1.82, 2.24) is 10.5 Å². The lowest BCUT2D eigenvalue weighted by molar-refractivity contribution is -0.149. The van der Waals surface area contributed by atoms with E-state index in [1.54, 1.807) is 13.0 Å². The summed E-state index contributed by atoms with van der Waals surface area (Å²) >= 11 is 0. The van der Waals surface area contributed by atoms with Gasteiger partial charge in [0.1, 0.15) is 11.5 Å². The van der Waals surface area contributed by atoms with Crippen LogP contribution in [0.4, 0.5) is 0 Å². The van der Waals surface area contributed by atoms with Gasteiger partial charge in [-0.05, 0) is 49.9 Å². The Morgan fingerprint density at radius 1 is 1.36 bits per heavy atom. The average Bonchev–Trinajstić information content (AvgIpc) is 2.96. The summed E-state index contributed by atoms with van der Waals surface area (Å²) in [5.74, 6) is -0.698. The van der Waals surface area contributed by atoms with E-state index in [2.05, 4.69) is 10.5 Å². The number of carboxylic acids is 1. The second-order valence-corrected chi connectivity index (χ2v) is 7.06. The molecule has 3 fully saturated rings. The first-order valence-electron chi connectivity index (χ1n) is 7.95. The Hall–Kier alpha value is -1.85. The summed E-state index contributed by atoms with van der Waals surface area (Å²) in [6.45, 7) is 2.09. The number of nitrogens with zero attached hydrogens (tertiary/aromatic N) is 1. The van der Waals surface area contributed by atoms with Gasteiger partial charge in [-0.15, -0.1) is 0 Å². The van der Waals surface area contributed by atoms with Crippen LogP contribution in [-0.2, 0) is 16.1 Å². The molecule has 6 nitrogen and oxygen atoms in total. The van der Waals surface area contributed by atoms with Crippen molar-refractivity contribution in [2.45, 2.75) is 39.2 Å². The predicted molar refractivity (Wildman–Crippen MR) is 75.6 cm³/mol. The molecule has 1 aromatic rings. The lowest BCUT2D eigenvalue weighted by Crippen LogP contribution is -2.41. The Morgan fingerprint density at radius 2 is 2.05 bits per heavy atom. The first-order chi connectivity index (χ1) is 10.5. The maximum absolute atomic E-state index is 12.6. The van der Waals surface area contributed by atoms with Gasteiger partial charge in [0.25, 0.3) is 0 Å². The molecule has 1 heterocycles. The molecule has 3 saturated carbocycles. The van der Waals surface area contributed by atoms with Gasteiger partial charge in [-0.3, -0.25) is 9.59 Å². The van der Waals surface area contributed by atoms with Gasteiger partial charge in [-0.2, -0.15) is 0 Å². The lowest BCUT2D eigenvalue weighted by atomic mass is 9.78. The van der Waals surface area contributed by atoms with E-state index in [9.17, 15) is 14.7 Å². The third-order valence-corrected chi connectivity index (χ3v) is 6.06. The number of aliphatic carboxylic acids is 1. The fraction of sp³-hybridized carbons (Fsp3) is 0.688. The van der Waals surface area contributed by atoms with Gasteiger partial charge in [-0.25, -0.2) is 0 Å². The molecule has 4 atom stereocenters. The van der Waals surface area contributed by atoms with Crippen LogP contribution < -0.4 is 5.32 Å². The van der Waals surface area contributed by atoms with Crippen LogP contribution in [0, 0.1) is 36.0 Å². The third-order valence-electron chi connectivity index (χ3n) is 6.06. The van der Waals surface area contributed by atoms with E-state index < -0.39 is 11.9 Å². The zero-order valence-corrected chi connectivity index (χ0v) is 12.5. The molecule has 22 heavy (non-hydrogen) atoms. The molecule has 2 N–H and O–H groups in total. The third kappa shape index (κ3) is 1.82. The minimum atomic E-state index is -0.809. The molecule has 1 aromatic heterocycles. The summed E-state index contributed by atoms with van der Waals surface area (Å²) in [6.07, 6.45) is 4.15. The van der Waals surface area contributed by atoms with E-state index in [4.69, 9.17) is 4.52 Å². The number of carbonyl (C=O) groups excluding carboxylic acids is 1. The number of carboxylic acid groups (broad SMARTS) is 1. The van der Waals surface area contributed by atoms with Crippen molar-refractivity contribution in [2.75, 3.05) is 0 Å². The largest absolute Gasteiger partial charge is 0.481 e. The molecule has 0 aromatic carbocycles. The van der Waals surface area contributed by atoms with E-state index in [1.165, 1.54) is 0 Å². The van der Waals surface area contributed by atoms with Crippen molar-refractivity contribution < 1.29 is 19.2 Å². The van der Waals surface area contributed by atoms with Crippen LogP contribution in [-0.4, -0.2) is 22.1 Å². The van der Waals surface area contributed by atoms with E-state index in [0.717, 1.165) is 25.7 Å². The van der Waals surface area contributed by atoms with Gasteiger partial charge < -0.3 is 14.9 Å². The first kappa shape index (κ1) is 13.8. The molecule has 0 radical (unpaired) electrons. The number of carbonyl (C=O) groups is 2. The quantitative estimate of drug-likeness (QED) is 0.884. The smallest absolute Gasteiger partial charge is 0.307 e. The van der Waals surface area contributed by atoms with Gasteiger partial charge in [0.2, 0.25) is 5.91 Å². The second-order valence-electron chi connectivity index (χ2n) is 7.06. The second kappa shape index (κ2) is 4.57. The fourth-order valence-corrected chi connectivity index (χ4v) is 5.14. The van der Waals surface area contributed by atoms with Crippen molar-refractivity contribution in [3.8, 4) is 0 Å². The maximum Gasteiger partial charge on any atom is 0.307 e. The number of aromatic nitrogens is 1. The van der Waals surface area contributed by atoms with E-state index in [-0.39, 0.29) is 29.1 Å². The highest BCUT2D eigenvalue weighted by molar-refractivity contribution is 5.86. The van der Waals surface area contributed by atoms with Crippen LogP contribution in [0.25, 0.3) is 0 Å². The zero-order valence-electron chi connectivity index (χ0n) is 12.5. The first-order valence-corrected chi connectivity index (χ1v) is 7.95. The number of hydrogen-bond donors (Lipinski definition) is 2. The summed E-state index contributed by atoms with van der Waals surface area (Å²) in [5.41, 5.74) is 0.831. The molecular weight excluding hydrogens is 284 g/mol. The van der Waals surface area contributed by atoms with Crippen LogP contribution in [0.5, 0.6) is 0 Å². The van der Waals surface area contributed by atoms with Crippen LogP contribution in [0.1, 0.15) is 37.1 Å². The minimum Gasteiger partial charge on any atom is -0.481 e. The number of nitrogens with one attached hydrogen (secondary N) is 1. The molecule has 0 aliphatic heterocycles. The van der Waals surface area contributed by atoms with Gasteiger partial charge in [-0.1, -0.05) is 5.16 Å². The van der Waals surface area contributed by atoms with E-state index >= 15 is 0 Å². The van der Waals surface area contributed by atoms with E-state index in [1.807, 2.05) is 0 Å². The Morgan fingerprint density at radius 3 is 2.59 bits per heavy atom. The average molecular weight is 304 g/mol. The molecule has 1 amide bonds. The van der Waals surface area contributed by atoms with Gasteiger partial charge >= 0.3 is 5.97 Å². The zero-order chi connectivity index (χ0) is 15.5. The summed E-state index contributed by atoms with van der Waals surface area (Å²) < 4.78 is 4.98. The number of aryl methyl sites for hydroxylation is 1. The molecule has 4 unspecified atom stereocenters. The predicted octanol–water partition coefficient (Wildman–Crippen LogP) is 1.74. The molecule has 3 aliphatic rings. The molecule has 4 rings (SSSR count). The van der Waals surface area contributed by atoms with Crippen molar-refractivity contribution in [1.29, 1.82) is 0 Å². The topological polar surface area (TPSA) is 92.4 Å². The Bertz CT molecular complexity index is 634. The van der Waals surface area contributed by atoms with Gasteiger partial charge in [0.15, 0.2) is 0 Å². The highest BCUT2D eigenvalue weighted by atomic mass is 16.5. The monoisotopic (exact) mass is 304 g/mol.